The van der Waals surface area contributed by atoms with E-state index < -0.39 is 116 Å². The lowest BCUT2D eigenvalue weighted by atomic mass is 9.79. The summed E-state index contributed by atoms with van der Waals surface area (Å²) in [5.41, 5.74) is -3.13. The second-order valence-electron chi connectivity index (χ2n) is 14.0. The number of ether oxygens (including phenoxy) is 6. The van der Waals surface area contributed by atoms with Crippen LogP contribution in [-0.2, 0) is 54.3 Å². The van der Waals surface area contributed by atoms with Crippen molar-refractivity contribution in [1.82, 2.24) is 0 Å². The van der Waals surface area contributed by atoms with E-state index in [1.807, 2.05) is 6.08 Å². The fraction of sp³-hybridized carbons (Fsp3) is 0.553. The Labute approximate surface area is 309 Å². The molecule has 1 aliphatic heterocycles. The minimum atomic E-state index is -3.06. The first kappa shape index (κ1) is 39.1. The van der Waals surface area contributed by atoms with Gasteiger partial charge in [0, 0.05) is 12.0 Å². The van der Waals surface area contributed by atoms with Crippen molar-refractivity contribution in [2.75, 3.05) is 6.61 Å². The zero-order valence-electron chi connectivity index (χ0n) is 29.3. The number of phenols is 1. The molecule has 11 atom stereocenters. The summed E-state index contributed by atoms with van der Waals surface area (Å²) in [6, 6.07) is 3.57. The van der Waals surface area contributed by atoms with Crippen molar-refractivity contribution in [3.8, 4) is 11.5 Å². The number of aliphatic hydroxyl groups is 4. The van der Waals surface area contributed by atoms with Gasteiger partial charge < -0.3 is 54.0 Å². The van der Waals surface area contributed by atoms with E-state index in [2.05, 4.69) is 0 Å². The molecule has 0 aromatic heterocycles. The molecule has 1 aromatic carbocycles. The Hall–Kier alpha value is -4.61. The van der Waals surface area contributed by atoms with E-state index in [9.17, 15) is 49.5 Å². The zero-order chi connectivity index (χ0) is 38.6. The van der Waals surface area contributed by atoms with Gasteiger partial charge in [0.25, 0.3) is 5.60 Å². The van der Waals surface area contributed by atoms with Crippen LogP contribution in [0.3, 0.4) is 0 Å². The highest BCUT2D eigenvalue weighted by molar-refractivity contribution is 6.08. The molecular weight excluding hydrogens is 712 g/mol. The lowest BCUT2D eigenvalue weighted by Crippen LogP contribution is -2.64. The molecule has 1 saturated carbocycles. The standard InChI is InChI=1S/C38H44O16/c39-24-13-15-26(23(17-24)18-50-37(47)38(48)28(41)16-14-25(40)32(38)54-35(46)22-11-5-6-12-22)51-36-31(53-34(45)21-9-3-4-10-21)30(43)29(42)27(52-36)19-49-33(44)20-7-1-2-8-20/h1,3,5,7,9,11,13,15,17,20-22,25,27,29-32,36,39-40,42-43,48H,2,4,6,8,10,12,14,16,18-19H2/t20-,21-,22-,25+,27+,29+,30-,31+,32-,36+,38+/m1/s1. The minimum absolute atomic E-state index is 0.0654. The summed E-state index contributed by atoms with van der Waals surface area (Å²) in [6.45, 7) is -1.25. The Balaban J connectivity index is 1.20. The number of phenolic OH excluding ortho intramolecular Hbond substituents is 1. The number of benzene rings is 1. The summed E-state index contributed by atoms with van der Waals surface area (Å²) in [7, 11) is 0. The lowest BCUT2D eigenvalue weighted by Gasteiger charge is -2.42. The van der Waals surface area contributed by atoms with Crippen molar-refractivity contribution in [1.29, 1.82) is 0 Å². The highest BCUT2D eigenvalue weighted by Gasteiger charge is 2.59. The summed E-state index contributed by atoms with van der Waals surface area (Å²) in [5, 5.41) is 54.6. The summed E-state index contributed by atoms with van der Waals surface area (Å²) in [5.74, 6) is -6.95. The van der Waals surface area contributed by atoms with E-state index in [4.69, 9.17) is 28.4 Å². The molecule has 0 unspecified atom stereocenters. The van der Waals surface area contributed by atoms with Gasteiger partial charge in [0.1, 0.15) is 43.0 Å². The highest BCUT2D eigenvalue weighted by Crippen LogP contribution is 2.35. The van der Waals surface area contributed by atoms with Crippen molar-refractivity contribution in [3.63, 3.8) is 0 Å². The molecule has 2 fully saturated rings. The van der Waals surface area contributed by atoms with Gasteiger partial charge in [0.15, 0.2) is 18.0 Å². The van der Waals surface area contributed by atoms with E-state index in [1.165, 1.54) is 12.1 Å². The first-order valence-electron chi connectivity index (χ1n) is 18.1. The van der Waals surface area contributed by atoms with Crippen LogP contribution in [0, 0.1) is 17.8 Å². The molecule has 292 valence electrons. The van der Waals surface area contributed by atoms with Gasteiger partial charge in [-0.15, -0.1) is 0 Å². The number of allylic oxidation sites excluding steroid dienone is 3. The molecule has 6 rings (SSSR count). The average Bonchev–Trinajstić information content (AvgIpc) is 3.98. The first-order valence-corrected chi connectivity index (χ1v) is 18.1. The van der Waals surface area contributed by atoms with Gasteiger partial charge in [-0.25, -0.2) is 4.79 Å². The fourth-order valence-corrected chi connectivity index (χ4v) is 7.08. The highest BCUT2D eigenvalue weighted by atomic mass is 16.7. The first-order chi connectivity index (χ1) is 25.9. The van der Waals surface area contributed by atoms with Crippen LogP contribution in [0.2, 0.25) is 0 Å². The number of carbonyl (C=O) groups excluding carboxylic acids is 5. The number of Topliss-reactive ketones (excluding diaryl/α,β-unsaturated/α-hetero) is 1. The van der Waals surface area contributed by atoms with Gasteiger partial charge >= 0.3 is 23.9 Å². The second kappa shape index (κ2) is 16.8. The van der Waals surface area contributed by atoms with Crippen LogP contribution in [0.5, 0.6) is 11.5 Å². The topological polar surface area (TPSA) is 242 Å². The van der Waals surface area contributed by atoms with Gasteiger partial charge in [-0.05, 0) is 63.1 Å². The molecule has 1 heterocycles. The average molecular weight is 757 g/mol. The number of hydrogen-bond donors (Lipinski definition) is 5. The SMILES string of the molecule is O=C(OC[C@@H]1O[C@H](Oc2ccc(O)cc2COC(=O)[C@]2(O)C(=O)CC[C@H](O)[C@H]2OC(=O)[C@@H]2C=CCC2)[C@@H](OC(=O)[C@@H]2C=CCC2)[C@H](O)[C@H]1O)[C@@H]1C=CCC1. The number of aromatic hydroxyl groups is 1. The Morgan fingerprint density at radius 2 is 1.41 bits per heavy atom. The van der Waals surface area contributed by atoms with Gasteiger partial charge in [0.2, 0.25) is 6.29 Å². The van der Waals surface area contributed by atoms with E-state index in [1.54, 1.807) is 30.4 Å². The molecule has 5 aliphatic rings. The van der Waals surface area contributed by atoms with Crippen molar-refractivity contribution in [2.24, 2.45) is 17.8 Å². The summed E-state index contributed by atoms with van der Waals surface area (Å²) >= 11 is 0. The molecule has 0 spiro atoms. The Bertz CT molecular complexity index is 1680. The van der Waals surface area contributed by atoms with Gasteiger partial charge in [0.05, 0.1) is 23.9 Å². The third kappa shape index (κ3) is 8.37. The number of hydrogen-bond acceptors (Lipinski definition) is 16. The molecule has 0 amide bonds. The molecule has 5 N–H and O–H groups in total. The molecule has 4 aliphatic carbocycles. The van der Waals surface area contributed by atoms with Crippen molar-refractivity contribution >= 4 is 29.7 Å². The summed E-state index contributed by atoms with van der Waals surface area (Å²) in [6.07, 6.45) is 1.49. The van der Waals surface area contributed by atoms with Gasteiger partial charge in [-0.3, -0.25) is 19.2 Å². The fourth-order valence-electron chi connectivity index (χ4n) is 7.08. The molecular formula is C38H44O16. The Morgan fingerprint density at radius 1 is 0.796 bits per heavy atom. The predicted molar refractivity (Wildman–Crippen MR) is 181 cm³/mol. The monoisotopic (exact) mass is 756 g/mol. The summed E-state index contributed by atoms with van der Waals surface area (Å²) in [4.78, 5) is 64.9. The van der Waals surface area contributed by atoms with Crippen LogP contribution in [0.15, 0.2) is 54.7 Å². The maximum Gasteiger partial charge on any atom is 0.350 e. The summed E-state index contributed by atoms with van der Waals surface area (Å²) < 4.78 is 33.7. The maximum absolute atomic E-state index is 13.5. The van der Waals surface area contributed by atoms with Gasteiger partial charge in [-0.2, -0.15) is 0 Å². The van der Waals surface area contributed by atoms with E-state index in [0.717, 1.165) is 6.07 Å². The predicted octanol–water partition coefficient (Wildman–Crippen LogP) is 0.981. The van der Waals surface area contributed by atoms with Crippen molar-refractivity contribution in [2.45, 2.75) is 106 Å². The Morgan fingerprint density at radius 3 is 2.02 bits per heavy atom. The minimum Gasteiger partial charge on any atom is -0.508 e. The van der Waals surface area contributed by atoms with Crippen LogP contribution in [-0.4, -0.2) is 110 Å². The van der Waals surface area contributed by atoms with E-state index in [0.29, 0.717) is 38.5 Å². The largest absolute Gasteiger partial charge is 0.508 e. The normalized spacial score (nSPS) is 34.4. The van der Waals surface area contributed by atoms with Crippen LogP contribution in [0.4, 0.5) is 0 Å². The van der Waals surface area contributed by atoms with E-state index >= 15 is 0 Å². The lowest BCUT2D eigenvalue weighted by molar-refractivity contribution is -0.284. The molecule has 0 radical (unpaired) electrons. The molecule has 54 heavy (non-hydrogen) atoms. The third-order valence-corrected chi connectivity index (χ3v) is 10.3. The van der Waals surface area contributed by atoms with Crippen molar-refractivity contribution < 1.29 is 77.9 Å². The maximum atomic E-state index is 13.5. The van der Waals surface area contributed by atoms with Crippen LogP contribution in [0.1, 0.15) is 56.9 Å². The van der Waals surface area contributed by atoms with Crippen LogP contribution in [0.25, 0.3) is 0 Å². The number of aliphatic hydroxyl groups excluding tert-OH is 3. The Kier molecular flexibility index (Phi) is 12.2. The number of esters is 4. The van der Waals surface area contributed by atoms with Crippen LogP contribution >= 0.6 is 0 Å². The number of ketones is 1. The number of rotatable bonds is 12. The number of carbonyl (C=O) groups is 5. The second-order valence-corrected chi connectivity index (χ2v) is 14.0. The molecule has 1 saturated heterocycles. The van der Waals surface area contributed by atoms with E-state index in [-0.39, 0.29) is 23.5 Å². The molecule has 16 heteroatoms. The van der Waals surface area contributed by atoms with Crippen LogP contribution < -0.4 is 4.74 Å². The van der Waals surface area contributed by atoms with Crippen molar-refractivity contribution in [3.05, 3.63) is 60.2 Å². The third-order valence-electron chi connectivity index (χ3n) is 10.3. The molecule has 16 nitrogen and oxygen atoms in total. The molecule has 1 aromatic rings. The molecule has 0 bridgehead atoms. The van der Waals surface area contributed by atoms with Gasteiger partial charge in [-0.1, -0.05) is 36.5 Å². The zero-order valence-corrected chi connectivity index (χ0v) is 29.3. The quantitative estimate of drug-likeness (QED) is 0.0864. The smallest absolute Gasteiger partial charge is 0.350 e.